The van der Waals surface area contributed by atoms with E-state index in [9.17, 15) is 0 Å². The molecule has 2 aromatic heterocycles. The highest BCUT2D eigenvalue weighted by molar-refractivity contribution is 5.67. The first-order valence-corrected chi connectivity index (χ1v) is 9.00. The summed E-state index contributed by atoms with van der Waals surface area (Å²) in [5, 5.41) is 0. The van der Waals surface area contributed by atoms with Crippen molar-refractivity contribution in [3.05, 3.63) is 84.9 Å². The first kappa shape index (κ1) is 17.7. The van der Waals surface area contributed by atoms with Crippen molar-refractivity contribution in [2.75, 3.05) is 14.2 Å². The number of methoxy groups -OCH3 is 2. The van der Waals surface area contributed by atoms with Gasteiger partial charge in [0.05, 0.1) is 37.0 Å². The molecule has 2 heterocycles. The van der Waals surface area contributed by atoms with Crippen LogP contribution in [0.4, 0.5) is 0 Å². The van der Waals surface area contributed by atoms with Gasteiger partial charge in [-0.1, -0.05) is 12.1 Å². The minimum atomic E-state index is 0.828. The standard InChI is InChI=1S/C24H20N2O2/c1-27-19-13-9-17(10-14-19)21-5-3-7-23(25-21)24-8-4-6-22(26-24)18-11-15-20(28-2)16-12-18/h3-16H,1-2H3. The molecule has 0 aliphatic carbocycles. The molecule has 4 heteroatoms. The lowest BCUT2D eigenvalue weighted by molar-refractivity contribution is 0.415. The Morgan fingerprint density at radius 2 is 0.821 bits per heavy atom. The summed E-state index contributed by atoms with van der Waals surface area (Å²) < 4.78 is 10.5. The van der Waals surface area contributed by atoms with Crippen LogP contribution in [0, 0.1) is 0 Å². The van der Waals surface area contributed by atoms with Gasteiger partial charge in [0.2, 0.25) is 0 Å². The number of nitrogens with zero attached hydrogens (tertiary/aromatic N) is 2. The zero-order valence-electron chi connectivity index (χ0n) is 15.8. The number of hydrogen-bond donors (Lipinski definition) is 0. The molecule has 4 rings (SSSR count). The number of benzene rings is 2. The summed E-state index contributed by atoms with van der Waals surface area (Å²) in [5.41, 5.74) is 5.55. The second-order valence-electron chi connectivity index (χ2n) is 6.27. The molecule has 0 spiro atoms. The number of pyridine rings is 2. The Morgan fingerprint density at radius 1 is 0.464 bits per heavy atom. The van der Waals surface area contributed by atoms with Crippen molar-refractivity contribution in [3.63, 3.8) is 0 Å². The lowest BCUT2D eigenvalue weighted by Crippen LogP contribution is -1.92. The average Bonchev–Trinajstić information content (AvgIpc) is 2.79. The van der Waals surface area contributed by atoms with Crippen LogP contribution in [0.1, 0.15) is 0 Å². The van der Waals surface area contributed by atoms with Crippen LogP contribution in [-0.2, 0) is 0 Å². The number of aromatic nitrogens is 2. The van der Waals surface area contributed by atoms with E-state index in [1.54, 1.807) is 14.2 Å². The fraction of sp³-hybridized carbons (Fsp3) is 0.0833. The SMILES string of the molecule is COc1ccc(-c2cccc(-c3cccc(-c4ccc(OC)cc4)n3)n2)cc1. The maximum atomic E-state index is 5.23. The van der Waals surface area contributed by atoms with Crippen molar-refractivity contribution in [2.45, 2.75) is 0 Å². The topological polar surface area (TPSA) is 44.2 Å². The van der Waals surface area contributed by atoms with Crippen molar-refractivity contribution in [1.82, 2.24) is 9.97 Å². The van der Waals surface area contributed by atoms with Crippen LogP contribution < -0.4 is 9.47 Å². The molecule has 0 radical (unpaired) electrons. The van der Waals surface area contributed by atoms with E-state index in [4.69, 9.17) is 19.4 Å². The Bertz CT molecular complexity index is 985. The van der Waals surface area contributed by atoms with Gasteiger partial charge in [-0.15, -0.1) is 0 Å². The minimum Gasteiger partial charge on any atom is -0.497 e. The Morgan fingerprint density at radius 3 is 1.18 bits per heavy atom. The van der Waals surface area contributed by atoms with Gasteiger partial charge in [-0.2, -0.15) is 0 Å². The molecule has 4 aromatic rings. The molecule has 4 nitrogen and oxygen atoms in total. The van der Waals surface area contributed by atoms with Gasteiger partial charge >= 0.3 is 0 Å². The van der Waals surface area contributed by atoms with Crippen LogP contribution in [0.2, 0.25) is 0 Å². The zero-order chi connectivity index (χ0) is 19.3. The summed E-state index contributed by atoms with van der Waals surface area (Å²) in [6.45, 7) is 0. The average molecular weight is 368 g/mol. The van der Waals surface area contributed by atoms with Crippen LogP contribution in [0.5, 0.6) is 11.5 Å². The molecule has 0 N–H and O–H groups in total. The van der Waals surface area contributed by atoms with E-state index in [2.05, 4.69) is 0 Å². The van der Waals surface area contributed by atoms with Crippen LogP contribution in [0.3, 0.4) is 0 Å². The van der Waals surface area contributed by atoms with Crippen molar-refractivity contribution in [3.8, 4) is 45.4 Å². The van der Waals surface area contributed by atoms with Gasteiger partial charge in [0.25, 0.3) is 0 Å². The zero-order valence-corrected chi connectivity index (χ0v) is 15.8. The Balaban J connectivity index is 1.67. The van der Waals surface area contributed by atoms with Crippen molar-refractivity contribution in [1.29, 1.82) is 0 Å². The van der Waals surface area contributed by atoms with E-state index < -0.39 is 0 Å². The second kappa shape index (κ2) is 7.92. The number of rotatable bonds is 5. The Hall–Kier alpha value is -3.66. The van der Waals surface area contributed by atoms with Gasteiger partial charge < -0.3 is 9.47 Å². The predicted molar refractivity (Wildman–Crippen MR) is 111 cm³/mol. The molecule has 0 saturated heterocycles. The summed E-state index contributed by atoms with van der Waals surface area (Å²) in [6, 6.07) is 27.7. The largest absolute Gasteiger partial charge is 0.497 e. The van der Waals surface area contributed by atoms with E-state index in [0.717, 1.165) is 45.4 Å². The van der Waals surface area contributed by atoms with E-state index in [1.165, 1.54) is 0 Å². The van der Waals surface area contributed by atoms with E-state index in [1.807, 2.05) is 84.9 Å². The highest BCUT2D eigenvalue weighted by Crippen LogP contribution is 2.26. The molecular weight excluding hydrogens is 348 g/mol. The Labute approximate surface area is 164 Å². The van der Waals surface area contributed by atoms with Gasteiger partial charge in [-0.3, -0.25) is 0 Å². The molecule has 0 fully saturated rings. The van der Waals surface area contributed by atoms with Gasteiger partial charge in [-0.05, 0) is 72.8 Å². The highest BCUT2D eigenvalue weighted by atomic mass is 16.5. The molecule has 0 saturated carbocycles. The van der Waals surface area contributed by atoms with Crippen LogP contribution in [0.25, 0.3) is 33.9 Å². The maximum absolute atomic E-state index is 5.23. The number of ether oxygens (including phenoxy) is 2. The molecule has 0 atom stereocenters. The van der Waals surface area contributed by atoms with E-state index in [0.29, 0.717) is 0 Å². The normalized spacial score (nSPS) is 10.5. The van der Waals surface area contributed by atoms with Crippen LogP contribution in [0.15, 0.2) is 84.9 Å². The molecule has 0 aliphatic rings. The predicted octanol–water partition coefficient (Wildman–Crippen LogP) is 5.49. The summed E-state index contributed by atoms with van der Waals surface area (Å²) in [6.07, 6.45) is 0. The summed E-state index contributed by atoms with van der Waals surface area (Å²) >= 11 is 0. The van der Waals surface area contributed by atoms with Crippen molar-refractivity contribution >= 4 is 0 Å². The second-order valence-corrected chi connectivity index (χ2v) is 6.27. The van der Waals surface area contributed by atoms with Crippen LogP contribution in [-0.4, -0.2) is 24.2 Å². The first-order valence-electron chi connectivity index (χ1n) is 9.00. The monoisotopic (exact) mass is 368 g/mol. The number of hydrogen-bond acceptors (Lipinski definition) is 4. The summed E-state index contributed by atoms with van der Waals surface area (Å²) in [4.78, 5) is 9.62. The summed E-state index contributed by atoms with van der Waals surface area (Å²) in [7, 11) is 3.32. The van der Waals surface area contributed by atoms with E-state index >= 15 is 0 Å². The lowest BCUT2D eigenvalue weighted by atomic mass is 10.1. The molecular formula is C24H20N2O2. The quantitative estimate of drug-likeness (QED) is 0.467. The Kier molecular flexibility index (Phi) is 5.02. The first-order chi connectivity index (χ1) is 13.8. The van der Waals surface area contributed by atoms with Crippen molar-refractivity contribution < 1.29 is 9.47 Å². The lowest BCUT2D eigenvalue weighted by Gasteiger charge is -2.08. The molecule has 0 aliphatic heterocycles. The highest BCUT2D eigenvalue weighted by Gasteiger charge is 2.07. The molecule has 0 unspecified atom stereocenters. The molecule has 0 bridgehead atoms. The summed E-state index contributed by atoms with van der Waals surface area (Å²) in [5.74, 6) is 1.66. The van der Waals surface area contributed by atoms with Gasteiger partial charge in [0, 0.05) is 11.1 Å². The maximum Gasteiger partial charge on any atom is 0.118 e. The van der Waals surface area contributed by atoms with E-state index in [-0.39, 0.29) is 0 Å². The minimum absolute atomic E-state index is 0.828. The molecule has 0 amide bonds. The fourth-order valence-corrected chi connectivity index (χ4v) is 3.00. The molecule has 138 valence electrons. The smallest absolute Gasteiger partial charge is 0.118 e. The van der Waals surface area contributed by atoms with Gasteiger partial charge in [0.1, 0.15) is 11.5 Å². The third-order valence-corrected chi connectivity index (χ3v) is 4.53. The third kappa shape index (κ3) is 3.71. The third-order valence-electron chi connectivity index (χ3n) is 4.53. The fourth-order valence-electron chi connectivity index (χ4n) is 3.00. The molecule has 28 heavy (non-hydrogen) atoms. The van der Waals surface area contributed by atoms with Crippen molar-refractivity contribution in [2.24, 2.45) is 0 Å². The van der Waals surface area contributed by atoms with Gasteiger partial charge in [-0.25, -0.2) is 9.97 Å². The van der Waals surface area contributed by atoms with Gasteiger partial charge in [0.15, 0.2) is 0 Å². The van der Waals surface area contributed by atoms with Crippen LogP contribution >= 0.6 is 0 Å². The molecule has 2 aromatic carbocycles.